The van der Waals surface area contributed by atoms with E-state index in [1.165, 1.54) is 171 Å². The number of aromatic nitrogens is 3. The molecule has 0 amide bonds. The third-order valence-corrected chi connectivity index (χ3v) is 20.5. The van der Waals surface area contributed by atoms with E-state index in [4.69, 9.17) is 0 Å². The maximum atomic E-state index is 2.53. The quantitative estimate of drug-likeness (QED) is 0.167. The van der Waals surface area contributed by atoms with Crippen LogP contribution in [-0.4, -0.2) is 13.7 Å². The highest BCUT2D eigenvalue weighted by Gasteiger charge is 2.56. The smallest absolute Gasteiger partial charge is 0.0767 e. The zero-order valence-electron chi connectivity index (χ0n) is 48.4. The van der Waals surface area contributed by atoms with Gasteiger partial charge in [0.25, 0.3) is 0 Å². The summed E-state index contributed by atoms with van der Waals surface area (Å²) in [6.07, 6.45) is 0. The van der Waals surface area contributed by atoms with Crippen LogP contribution in [-0.2, 0) is 10.8 Å². The number of para-hydroxylation sites is 6. The average Bonchev–Trinajstić information content (AvgIpc) is 1.50. The van der Waals surface area contributed by atoms with Crippen LogP contribution in [0.2, 0.25) is 0 Å². The van der Waals surface area contributed by atoms with E-state index in [1.54, 1.807) is 0 Å². The van der Waals surface area contributed by atoms with Gasteiger partial charge in [-0.05, 0) is 127 Å². The molecule has 0 unspecified atom stereocenters. The van der Waals surface area contributed by atoms with E-state index in [-0.39, 0.29) is 5.41 Å². The maximum absolute atomic E-state index is 2.53. The van der Waals surface area contributed by atoms with Crippen molar-refractivity contribution in [2.45, 2.75) is 10.8 Å². The Morgan fingerprint density at radius 3 is 0.719 bits per heavy atom. The van der Waals surface area contributed by atoms with Crippen molar-refractivity contribution in [2.24, 2.45) is 0 Å². The highest BCUT2D eigenvalue weighted by molar-refractivity contribution is 6.19. The van der Waals surface area contributed by atoms with E-state index >= 15 is 0 Å². The molecule has 3 heterocycles. The first kappa shape index (κ1) is 48.7. The van der Waals surface area contributed by atoms with Crippen LogP contribution in [0.5, 0.6) is 0 Å². The molecule has 3 heteroatoms. The van der Waals surface area contributed by atoms with Crippen molar-refractivity contribution >= 4 is 65.4 Å². The molecule has 0 N–H and O–H groups in total. The summed E-state index contributed by atoms with van der Waals surface area (Å²) in [5.74, 6) is 0. The molecular weight excluding hydrogens is 1070 g/mol. The molecule has 2 spiro atoms. The molecule has 0 bridgehead atoms. The largest absolute Gasteiger partial charge is 0.309 e. The SMILES string of the molecule is c1ccc(-n2c3ccccc3c3ccc4c(c32)C2(c3ccccc3-4)c3ccccc3-c3ccc4c5ccccc5n(-c5ccccc5)c4c32)cc1.c1ccc(-n2c3ccccc3c3ccc4c(c32)C2(c3ccccc3-c3ccccc32)c2ccccc2-4)cc1. The second-order valence-electron chi connectivity index (χ2n) is 24.4. The lowest BCUT2D eigenvalue weighted by Crippen LogP contribution is -2.27. The molecule has 0 radical (unpaired) electrons. The zero-order valence-corrected chi connectivity index (χ0v) is 48.4. The lowest BCUT2D eigenvalue weighted by Gasteiger charge is -2.32. The predicted molar refractivity (Wildman–Crippen MR) is 368 cm³/mol. The molecule has 21 rings (SSSR count). The first-order valence-corrected chi connectivity index (χ1v) is 31.1. The summed E-state index contributed by atoms with van der Waals surface area (Å²) < 4.78 is 7.57. The molecule has 0 atom stereocenters. The third kappa shape index (κ3) is 6.11. The van der Waals surface area contributed by atoms with E-state index in [0.29, 0.717) is 0 Å². The van der Waals surface area contributed by atoms with Crippen molar-refractivity contribution in [3.05, 3.63) is 366 Å². The van der Waals surface area contributed by atoms with Crippen LogP contribution in [0.15, 0.2) is 322 Å². The molecule has 3 aromatic heterocycles. The van der Waals surface area contributed by atoms with Crippen LogP contribution in [0.25, 0.3) is 127 Å². The second kappa shape index (κ2) is 18.0. The van der Waals surface area contributed by atoms with E-state index < -0.39 is 5.41 Å². The van der Waals surface area contributed by atoms with Gasteiger partial charge in [0.1, 0.15) is 0 Å². The highest BCUT2D eigenvalue weighted by atomic mass is 15.0. The van der Waals surface area contributed by atoms with Crippen LogP contribution < -0.4 is 0 Å². The minimum Gasteiger partial charge on any atom is -0.309 e. The summed E-state index contributed by atoms with van der Waals surface area (Å²) in [7, 11) is 0. The molecule has 0 saturated carbocycles. The number of hydrogen-bond acceptors (Lipinski definition) is 0. The Kier molecular flexibility index (Phi) is 9.86. The fourth-order valence-electron chi connectivity index (χ4n) is 17.4. The Morgan fingerprint density at radius 2 is 0.404 bits per heavy atom. The van der Waals surface area contributed by atoms with Crippen LogP contribution >= 0.6 is 0 Å². The Balaban J connectivity index is 0.000000130. The number of hydrogen-bond donors (Lipinski definition) is 0. The number of nitrogens with zero attached hydrogens (tertiary/aromatic N) is 3. The molecule has 0 saturated heterocycles. The van der Waals surface area contributed by atoms with Gasteiger partial charge in [0.15, 0.2) is 0 Å². The maximum Gasteiger partial charge on any atom is 0.0767 e. The van der Waals surface area contributed by atoms with Gasteiger partial charge >= 0.3 is 0 Å². The average molecular weight is 1130 g/mol. The topological polar surface area (TPSA) is 14.8 Å². The Bertz CT molecular complexity index is 5580. The van der Waals surface area contributed by atoms with Crippen LogP contribution in [0.1, 0.15) is 44.5 Å². The molecule has 3 nitrogen and oxygen atoms in total. The molecule has 0 fully saturated rings. The van der Waals surface area contributed by atoms with E-state index in [9.17, 15) is 0 Å². The normalized spacial score (nSPS) is 13.8. The van der Waals surface area contributed by atoms with Crippen molar-refractivity contribution in [2.75, 3.05) is 0 Å². The first-order chi connectivity index (χ1) is 44.2. The van der Waals surface area contributed by atoms with E-state index in [0.717, 1.165) is 0 Å². The summed E-state index contributed by atoms with van der Waals surface area (Å²) in [6.45, 7) is 0. The predicted octanol–water partition coefficient (Wildman–Crippen LogP) is 21.4. The second-order valence-corrected chi connectivity index (χ2v) is 24.4. The lowest BCUT2D eigenvalue weighted by atomic mass is 9.69. The Hall–Kier alpha value is -11.5. The van der Waals surface area contributed by atoms with Crippen molar-refractivity contribution in [1.82, 2.24) is 13.7 Å². The van der Waals surface area contributed by atoms with Gasteiger partial charge in [0.05, 0.1) is 43.9 Å². The van der Waals surface area contributed by atoms with Gasteiger partial charge < -0.3 is 13.7 Å². The van der Waals surface area contributed by atoms with Gasteiger partial charge in [0, 0.05) is 66.1 Å². The standard InChI is InChI=1S/C49H30N2.C37H23N/c1-3-15-31(16-4-1)50-43-25-13-9-21-35(43)39-29-27-37-33-19-7-11-23-41(33)49(45(37)47(39)50)42-24-12-8-20-34(42)38-28-30-40-36-22-10-14-26-44(36)51(48(40)46(38)49)32-17-5-2-6-18-32;1-2-12-24(13-3-1)38-34-21-11-7-17-28(34)30-23-22-29-27-16-6-10-20-33(27)37(35(29)36(30)38)31-18-8-4-14-25(31)26-15-5-9-19-32(26)37/h1-30H;1-23H. The van der Waals surface area contributed by atoms with Crippen molar-refractivity contribution in [3.63, 3.8) is 0 Å². The summed E-state index contributed by atoms with van der Waals surface area (Å²) in [5.41, 5.74) is 31.7. The van der Waals surface area contributed by atoms with Gasteiger partial charge in [-0.15, -0.1) is 0 Å². The van der Waals surface area contributed by atoms with Crippen LogP contribution in [0.3, 0.4) is 0 Å². The fourth-order valence-corrected chi connectivity index (χ4v) is 17.4. The number of benzene rings is 14. The van der Waals surface area contributed by atoms with Gasteiger partial charge in [-0.1, -0.05) is 267 Å². The van der Waals surface area contributed by atoms with Crippen molar-refractivity contribution in [1.29, 1.82) is 0 Å². The molecule has 4 aliphatic carbocycles. The molecular formula is C86H53N3. The zero-order chi connectivity index (χ0) is 58.1. The van der Waals surface area contributed by atoms with Crippen molar-refractivity contribution in [3.8, 4) is 61.6 Å². The van der Waals surface area contributed by atoms with Gasteiger partial charge in [0.2, 0.25) is 0 Å². The molecule has 17 aromatic rings. The summed E-state index contributed by atoms with van der Waals surface area (Å²) in [5, 5.41) is 7.70. The molecule has 412 valence electrons. The minimum absolute atomic E-state index is 0.375. The Morgan fingerprint density at radius 1 is 0.169 bits per heavy atom. The van der Waals surface area contributed by atoms with Crippen LogP contribution in [0, 0.1) is 0 Å². The summed E-state index contributed by atoms with van der Waals surface area (Å²) in [6, 6.07) is 119. The Labute approximate surface area is 514 Å². The van der Waals surface area contributed by atoms with E-state index in [2.05, 4.69) is 335 Å². The molecule has 0 aliphatic heterocycles. The minimum atomic E-state index is -0.571. The number of rotatable bonds is 3. The fraction of sp³-hybridized carbons (Fsp3) is 0.0233. The van der Waals surface area contributed by atoms with Crippen LogP contribution in [0.4, 0.5) is 0 Å². The number of fused-ring (bicyclic) bond motifs is 32. The molecule has 4 aliphatic rings. The first-order valence-electron chi connectivity index (χ1n) is 31.1. The monoisotopic (exact) mass is 1130 g/mol. The van der Waals surface area contributed by atoms with Crippen molar-refractivity contribution < 1.29 is 0 Å². The summed E-state index contributed by atoms with van der Waals surface area (Å²) in [4.78, 5) is 0. The van der Waals surface area contributed by atoms with Gasteiger partial charge in [-0.25, -0.2) is 0 Å². The van der Waals surface area contributed by atoms with Gasteiger partial charge in [-0.3, -0.25) is 0 Å². The summed E-state index contributed by atoms with van der Waals surface area (Å²) >= 11 is 0. The van der Waals surface area contributed by atoms with Gasteiger partial charge in [-0.2, -0.15) is 0 Å². The lowest BCUT2D eigenvalue weighted by molar-refractivity contribution is 0.797. The van der Waals surface area contributed by atoms with E-state index in [1.807, 2.05) is 0 Å². The highest BCUT2D eigenvalue weighted by Crippen LogP contribution is 2.68. The third-order valence-electron chi connectivity index (χ3n) is 20.5. The molecule has 89 heavy (non-hydrogen) atoms. The molecule has 14 aromatic carbocycles.